The summed E-state index contributed by atoms with van der Waals surface area (Å²) >= 11 is 0.939. The van der Waals surface area contributed by atoms with E-state index in [0.29, 0.717) is 22.6 Å². The van der Waals surface area contributed by atoms with E-state index in [1.807, 2.05) is 24.4 Å². The van der Waals surface area contributed by atoms with Crippen molar-refractivity contribution in [3.8, 4) is 6.07 Å². The fourth-order valence-corrected chi connectivity index (χ4v) is 4.96. The molecule has 5 nitrogen and oxygen atoms in total. The molecule has 4 aromatic rings. The summed E-state index contributed by atoms with van der Waals surface area (Å²) in [4.78, 5) is 27.4. The largest absolute Gasteiger partial charge is 0.342 e. The molecule has 0 spiro atoms. The van der Waals surface area contributed by atoms with Crippen LogP contribution in [0.2, 0.25) is 0 Å². The number of nitriles is 1. The zero-order valence-corrected chi connectivity index (χ0v) is 19.4. The molecule has 34 heavy (non-hydrogen) atoms. The minimum Gasteiger partial charge on any atom is -0.342 e. The highest BCUT2D eigenvalue weighted by atomic mass is 32.2. The van der Waals surface area contributed by atoms with E-state index < -0.39 is 0 Å². The summed E-state index contributed by atoms with van der Waals surface area (Å²) in [6, 6.07) is 25.6. The first-order valence-electron chi connectivity index (χ1n) is 10.9. The molecule has 2 heterocycles. The number of fused-ring (bicyclic) bond motifs is 1. The molecule has 166 valence electrons. The standard InChI is InChI=1S/C28H21N3O2S/c1-19-10-12-20(13-11-19)16-30-17-23(24-8-4-5-9-25(24)30)14-26-27(32)31(28(33)34-26)18-22-7-3-2-6-21(22)15-29/h2-14,17H,16,18H2,1H3/b26-14+. The van der Waals surface area contributed by atoms with Crippen LogP contribution in [0.15, 0.2) is 83.9 Å². The molecule has 2 amide bonds. The molecule has 5 rings (SSSR count). The van der Waals surface area contributed by atoms with E-state index in [1.165, 1.54) is 16.0 Å². The number of para-hydroxylation sites is 1. The maximum absolute atomic E-state index is 13.1. The number of hydrogen-bond donors (Lipinski definition) is 0. The topological polar surface area (TPSA) is 66.1 Å². The normalized spacial score (nSPS) is 14.8. The van der Waals surface area contributed by atoms with Crippen LogP contribution in [0, 0.1) is 18.3 Å². The van der Waals surface area contributed by atoms with Gasteiger partial charge in [-0.25, -0.2) is 0 Å². The summed E-state index contributed by atoms with van der Waals surface area (Å²) in [5.41, 5.74) is 5.49. The van der Waals surface area contributed by atoms with Crippen molar-refractivity contribution in [3.05, 3.63) is 112 Å². The Hall–Kier alpha value is -4.08. The maximum atomic E-state index is 13.1. The van der Waals surface area contributed by atoms with Crippen LogP contribution < -0.4 is 0 Å². The minimum atomic E-state index is -0.335. The van der Waals surface area contributed by atoms with E-state index in [-0.39, 0.29) is 17.7 Å². The van der Waals surface area contributed by atoms with Gasteiger partial charge in [-0.15, -0.1) is 0 Å². The lowest BCUT2D eigenvalue weighted by Crippen LogP contribution is -2.27. The number of carbonyl (C=O) groups excluding carboxylic acids is 2. The van der Waals surface area contributed by atoms with Gasteiger partial charge in [-0.2, -0.15) is 5.26 Å². The van der Waals surface area contributed by atoms with Crippen LogP contribution >= 0.6 is 11.8 Å². The van der Waals surface area contributed by atoms with Gasteiger partial charge in [-0.3, -0.25) is 14.5 Å². The van der Waals surface area contributed by atoms with E-state index >= 15 is 0 Å². The number of aromatic nitrogens is 1. The van der Waals surface area contributed by atoms with Crippen molar-refractivity contribution >= 4 is 39.9 Å². The van der Waals surface area contributed by atoms with E-state index in [1.54, 1.807) is 30.3 Å². The van der Waals surface area contributed by atoms with Crippen LogP contribution in [0.3, 0.4) is 0 Å². The van der Waals surface area contributed by atoms with E-state index in [9.17, 15) is 14.9 Å². The SMILES string of the molecule is Cc1ccc(Cn2cc(/C=C3/SC(=O)N(Cc4ccccc4C#N)C3=O)c3ccccc32)cc1. The van der Waals surface area contributed by atoms with Gasteiger partial charge in [0.15, 0.2) is 0 Å². The van der Waals surface area contributed by atoms with E-state index in [0.717, 1.165) is 28.2 Å². The Morgan fingerprint density at radius 2 is 1.68 bits per heavy atom. The minimum absolute atomic E-state index is 0.0842. The lowest BCUT2D eigenvalue weighted by Gasteiger charge is -2.13. The smallest absolute Gasteiger partial charge is 0.293 e. The van der Waals surface area contributed by atoms with Crippen LogP contribution in [-0.4, -0.2) is 20.6 Å². The summed E-state index contributed by atoms with van der Waals surface area (Å²) in [5, 5.41) is 10.0. The fourth-order valence-electron chi connectivity index (χ4n) is 4.13. The van der Waals surface area contributed by atoms with Gasteiger partial charge in [0.25, 0.3) is 11.1 Å². The monoisotopic (exact) mass is 463 g/mol. The molecule has 0 atom stereocenters. The first kappa shape index (κ1) is 21.7. The summed E-state index contributed by atoms with van der Waals surface area (Å²) < 4.78 is 2.17. The molecule has 0 N–H and O–H groups in total. The van der Waals surface area contributed by atoms with Gasteiger partial charge in [-0.05, 0) is 48.0 Å². The first-order chi connectivity index (χ1) is 16.5. The number of rotatable bonds is 5. The number of hydrogen-bond acceptors (Lipinski definition) is 4. The fraction of sp³-hybridized carbons (Fsp3) is 0.107. The van der Waals surface area contributed by atoms with E-state index in [4.69, 9.17) is 0 Å². The summed E-state index contributed by atoms with van der Waals surface area (Å²) in [6.45, 7) is 2.86. The zero-order chi connectivity index (χ0) is 23.7. The molecule has 3 aromatic carbocycles. The highest BCUT2D eigenvalue weighted by Crippen LogP contribution is 2.35. The van der Waals surface area contributed by atoms with E-state index in [2.05, 4.69) is 47.9 Å². The second-order valence-electron chi connectivity index (χ2n) is 8.25. The predicted octanol–water partition coefficient (Wildman–Crippen LogP) is 6.11. The Morgan fingerprint density at radius 1 is 0.941 bits per heavy atom. The lowest BCUT2D eigenvalue weighted by atomic mass is 10.1. The third-order valence-electron chi connectivity index (χ3n) is 5.92. The quantitative estimate of drug-likeness (QED) is 0.335. The molecule has 0 aliphatic carbocycles. The van der Waals surface area contributed by atoms with Gasteiger partial charge in [-0.1, -0.05) is 66.2 Å². The molecule has 6 heteroatoms. The molecular formula is C28H21N3O2S. The number of imide groups is 1. The zero-order valence-electron chi connectivity index (χ0n) is 18.6. The van der Waals surface area contributed by atoms with Crippen LogP contribution in [0.4, 0.5) is 4.79 Å². The van der Waals surface area contributed by atoms with Crippen molar-refractivity contribution in [1.82, 2.24) is 9.47 Å². The van der Waals surface area contributed by atoms with Gasteiger partial charge in [0.05, 0.1) is 23.1 Å². The molecule has 1 aromatic heterocycles. The second kappa shape index (κ2) is 9.05. The van der Waals surface area contributed by atoms with Crippen molar-refractivity contribution in [3.63, 3.8) is 0 Å². The number of aryl methyl sites for hydroxylation is 1. The molecule has 1 aliphatic rings. The Kier molecular flexibility index (Phi) is 5.79. The molecule has 0 saturated carbocycles. The molecule has 0 radical (unpaired) electrons. The number of thioether (sulfide) groups is 1. The Labute approximate surface area is 201 Å². The van der Waals surface area contributed by atoms with Crippen LogP contribution in [0.1, 0.15) is 27.8 Å². The summed E-state index contributed by atoms with van der Waals surface area (Å²) in [7, 11) is 0. The number of benzene rings is 3. The highest BCUT2D eigenvalue weighted by molar-refractivity contribution is 8.18. The van der Waals surface area contributed by atoms with Gasteiger partial charge < -0.3 is 4.57 Å². The molecule has 1 fully saturated rings. The molecule has 1 aliphatic heterocycles. The number of amides is 2. The van der Waals surface area contributed by atoms with Crippen molar-refractivity contribution in [2.24, 2.45) is 0 Å². The molecular weight excluding hydrogens is 442 g/mol. The number of nitrogens with zero attached hydrogens (tertiary/aromatic N) is 3. The first-order valence-corrected chi connectivity index (χ1v) is 11.7. The highest BCUT2D eigenvalue weighted by Gasteiger charge is 2.35. The second-order valence-corrected chi connectivity index (χ2v) is 9.25. The third-order valence-corrected chi connectivity index (χ3v) is 6.83. The number of carbonyl (C=O) groups is 2. The van der Waals surface area contributed by atoms with Crippen molar-refractivity contribution in [1.29, 1.82) is 5.26 Å². The lowest BCUT2D eigenvalue weighted by molar-refractivity contribution is -0.123. The Bertz CT molecular complexity index is 1490. The van der Waals surface area contributed by atoms with Crippen LogP contribution in [0.5, 0.6) is 0 Å². The third kappa shape index (κ3) is 4.14. The molecule has 0 bridgehead atoms. The average molecular weight is 464 g/mol. The van der Waals surface area contributed by atoms with Crippen LogP contribution in [0.25, 0.3) is 17.0 Å². The summed E-state index contributed by atoms with van der Waals surface area (Å²) in [5.74, 6) is -0.335. The maximum Gasteiger partial charge on any atom is 0.293 e. The predicted molar refractivity (Wildman–Crippen MR) is 135 cm³/mol. The van der Waals surface area contributed by atoms with Crippen molar-refractivity contribution in [2.75, 3.05) is 0 Å². The van der Waals surface area contributed by atoms with Gasteiger partial charge >= 0.3 is 0 Å². The molecule has 1 saturated heterocycles. The summed E-state index contributed by atoms with van der Waals surface area (Å²) in [6.07, 6.45) is 3.83. The van der Waals surface area contributed by atoms with Gasteiger partial charge in [0, 0.05) is 29.2 Å². The van der Waals surface area contributed by atoms with Crippen molar-refractivity contribution in [2.45, 2.75) is 20.0 Å². The van der Waals surface area contributed by atoms with Gasteiger partial charge in [0.2, 0.25) is 0 Å². The van der Waals surface area contributed by atoms with Crippen LogP contribution in [-0.2, 0) is 17.9 Å². The van der Waals surface area contributed by atoms with Gasteiger partial charge in [0.1, 0.15) is 0 Å². The Morgan fingerprint density at radius 3 is 2.47 bits per heavy atom. The average Bonchev–Trinajstić information content (AvgIpc) is 3.33. The molecule has 0 unspecified atom stereocenters. The van der Waals surface area contributed by atoms with Crippen molar-refractivity contribution < 1.29 is 9.59 Å². The Balaban J connectivity index is 1.46.